The van der Waals surface area contributed by atoms with Gasteiger partial charge < -0.3 is 9.64 Å². The molecule has 0 aromatic heterocycles. The molecule has 2 unspecified atom stereocenters. The Morgan fingerprint density at radius 1 is 1.50 bits per heavy atom. The highest BCUT2D eigenvalue weighted by atomic mass is 35.5. The van der Waals surface area contributed by atoms with E-state index in [-0.39, 0.29) is 12.0 Å². The molecule has 2 heterocycles. The average molecular weight is 312 g/mol. The zero-order valence-corrected chi connectivity index (χ0v) is 13.0. The molecule has 1 aromatic rings. The standard InChI is InChI=1S/C15H18ClNO2S/c1-10-5-7-19-14(10)15(18)17-6-2-8-20-13-4-3-11(16)9-12(13)17/h3-4,9-10,14H,2,5-8H2,1H3. The number of carbonyl (C=O) groups is 1. The van der Waals surface area contributed by atoms with Crippen molar-refractivity contribution in [3.8, 4) is 0 Å². The number of anilines is 1. The summed E-state index contributed by atoms with van der Waals surface area (Å²) in [5.41, 5.74) is 0.938. The molecule has 3 rings (SSSR count). The molecule has 0 saturated carbocycles. The number of ether oxygens (including phenoxy) is 1. The quantitative estimate of drug-likeness (QED) is 0.793. The van der Waals surface area contributed by atoms with E-state index < -0.39 is 0 Å². The molecule has 0 spiro atoms. The number of hydrogen-bond donors (Lipinski definition) is 0. The largest absolute Gasteiger partial charge is 0.368 e. The number of thioether (sulfide) groups is 1. The number of fused-ring (bicyclic) bond motifs is 1. The highest BCUT2D eigenvalue weighted by Crippen LogP contribution is 2.37. The van der Waals surface area contributed by atoms with Gasteiger partial charge in [0.25, 0.3) is 5.91 Å². The lowest BCUT2D eigenvalue weighted by molar-refractivity contribution is -0.128. The molecule has 2 atom stereocenters. The monoisotopic (exact) mass is 311 g/mol. The molecule has 2 aliphatic heterocycles. The maximum atomic E-state index is 12.8. The van der Waals surface area contributed by atoms with Gasteiger partial charge in [-0.25, -0.2) is 0 Å². The minimum absolute atomic E-state index is 0.0843. The first kappa shape index (κ1) is 14.2. The second-order valence-electron chi connectivity index (χ2n) is 5.36. The van der Waals surface area contributed by atoms with Crippen LogP contribution in [0.1, 0.15) is 19.8 Å². The fraction of sp³-hybridized carbons (Fsp3) is 0.533. The first-order valence-corrected chi connectivity index (χ1v) is 8.38. The zero-order chi connectivity index (χ0) is 14.1. The minimum atomic E-state index is -0.301. The van der Waals surface area contributed by atoms with Crippen LogP contribution in [0.2, 0.25) is 5.02 Å². The molecule has 1 fully saturated rings. The van der Waals surface area contributed by atoms with E-state index in [9.17, 15) is 4.79 Å². The van der Waals surface area contributed by atoms with Crippen LogP contribution in [-0.2, 0) is 9.53 Å². The summed E-state index contributed by atoms with van der Waals surface area (Å²) in [6.07, 6.45) is 1.65. The number of rotatable bonds is 1. The second kappa shape index (κ2) is 5.96. The Balaban J connectivity index is 1.93. The van der Waals surface area contributed by atoms with E-state index in [1.54, 1.807) is 11.8 Å². The Morgan fingerprint density at radius 3 is 3.10 bits per heavy atom. The maximum absolute atomic E-state index is 12.8. The topological polar surface area (TPSA) is 29.5 Å². The minimum Gasteiger partial charge on any atom is -0.368 e. The summed E-state index contributed by atoms with van der Waals surface area (Å²) < 4.78 is 5.64. The van der Waals surface area contributed by atoms with E-state index in [1.807, 2.05) is 23.1 Å². The van der Waals surface area contributed by atoms with Gasteiger partial charge in [-0.2, -0.15) is 0 Å². The predicted octanol–water partition coefficient (Wildman–Crippen LogP) is 3.59. The Bertz CT molecular complexity index is 523. The van der Waals surface area contributed by atoms with Crippen molar-refractivity contribution in [2.75, 3.05) is 23.8 Å². The summed E-state index contributed by atoms with van der Waals surface area (Å²) in [4.78, 5) is 15.8. The van der Waals surface area contributed by atoms with Crippen LogP contribution in [0.5, 0.6) is 0 Å². The molecule has 0 aliphatic carbocycles. The Labute approximate surface area is 128 Å². The summed E-state index contributed by atoms with van der Waals surface area (Å²) in [6, 6.07) is 5.79. The third kappa shape index (κ3) is 2.69. The van der Waals surface area contributed by atoms with Crippen LogP contribution in [0.4, 0.5) is 5.69 Å². The molecule has 1 saturated heterocycles. The van der Waals surface area contributed by atoms with Crippen molar-refractivity contribution < 1.29 is 9.53 Å². The van der Waals surface area contributed by atoms with Gasteiger partial charge in [-0.3, -0.25) is 4.79 Å². The summed E-state index contributed by atoms with van der Waals surface area (Å²) in [5.74, 6) is 1.40. The first-order valence-electron chi connectivity index (χ1n) is 7.02. The van der Waals surface area contributed by atoms with Gasteiger partial charge in [0.15, 0.2) is 0 Å². The van der Waals surface area contributed by atoms with Crippen LogP contribution in [0, 0.1) is 5.92 Å². The average Bonchev–Trinajstić information content (AvgIpc) is 2.75. The summed E-state index contributed by atoms with van der Waals surface area (Å²) in [5, 5.41) is 0.671. The third-order valence-electron chi connectivity index (χ3n) is 3.89. The molecule has 0 bridgehead atoms. The molecule has 1 amide bonds. The lowest BCUT2D eigenvalue weighted by atomic mass is 10.0. The van der Waals surface area contributed by atoms with Gasteiger partial charge in [0, 0.05) is 23.1 Å². The second-order valence-corrected chi connectivity index (χ2v) is 6.93. The maximum Gasteiger partial charge on any atom is 0.256 e. The van der Waals surface area contributed by atoms with Crippen molar-refractivity contribution in [2.24, 2.45) is 5.92 Å². The molecular formula is C15H18ClNO2S. The number of nitrogens with zero attached hydrogens (tertiary/aromatic N) is 1. The molecule has 3 nitrogen and oxygen atoms in total. The molecule has 108 valence electrons. The number of hydrogen-bond acceptors (Lipinski definition) is 3. The Morgan fingerprint density at radius 2 is 2.35 bits per heavy atom. The van der Waals surface area contributed by atoms with Crippen molar-refractivity contribution in [1.29, 1.82) is 0 Å². The van der Waals surface area contributed by atoms with Gasteiger partial charge in [0.1, 0.15) is 6.10 Å². The molecular weight excluding hydrogens is 294 g/mol. The summed E-state index contributed by atoms with van der Waals surface area (Å²) >= 11 is 7.90. The van der Waals surface area contributed by atoms with Crippen molar-refractivity contribution in [3.63, 3.8) is 0 Å². The van der Waals surface area contributed by atoms with E-state index in [2.05, 4.69) is 6.92 Å². The van der Waals surface area contributed by atoms with E-state index in [1.165, 1.54) is 0 Å². The fourth-order valence-corrected chi connectivity index (χ4v) is 3.88. The van der Waals surface area contributed by atoms with Gasteiger partial charge >= 0.3 is 0 Å². The third-order valence-corrected chi connectivity index (χ3v) is 5.28. The highest BCUT2D eigenvalue weighted by molar-refractivity contribution is 7.99. The van der Waals surface area contributed by atoms with Gasteiger partial charge in [0.2, 0.25) is 0 Å². The number of halogens is 1. The molecule has 1 aromatic carbocycles. The summed E-state index contributed by atoms with van der Waals surface area (Å²) in [6.45, 7) is 3.51. The van der Waals surface area contributed by atoms with E-state index in [0.29, 0.717) is 17.5 Å². The lowest BCUT2D eigenvalue weighted by Gasteiger charge is -2.26. The molecule has 20 heavy (non-hydrogen) atoms. The van der Waals surface area contributed by atoms with Crippen LogP contribution in [0.3, 0.4) is 0 Å². The van der Waals surface area contributed by atoms with Crippen molar-refractivity contribution in [3.05, 3.63) is 23.2 Å². The predicted molar refractivity (Wildman–Crippen MR) is 82.7 cm³/mol. The molecule has 5 heteroatoms. The van der Waals surface area contributed by atoms with Crippen LogP contribution >= 0.6 is 23.4 Å². The van der Waals surface area contributed by atoms with Crippen molar-refractivity contribution >= 4 is 35.0 Å². The molecule has 0 N–H and O–H groups in total. The van der Waals surface area contributed by atoms with Gasteiger partial charge in [-0.15, -0.1) is 11.8 Å². The van der Waals surface area contributed by atoms with Gasteiger partial charge in [-0.05, 0) is 42.7 Å². The smallest absolute Gasteiger partial charge is 0.256 e. The molecule has 2 aliphatic rings. The number of amides is 1. The van der Waals surface area contributed by atoms with Crippen LogP contribution in [0.15, 0.2) is 23.1 Å². The normalized spacial score (nSPS) is 26.2. The van der Waals surface area contributed by atoms with Crippen LogP contribution in [-0.4, -0.2) is 30.9 Å². The van der Waals surface area contributed by atoms with E-state index >= 15 is 0 Å². The van der Waals surface area contributed by atoms with Crippen molar-refractivity contribution in [2.45, 2.75) is 30.8 Å². The van der Waals surface area contributed by atoms with Gasteiger partial charge in [-0.1, -0.05) is 18.5 Å². The Hall–Kier alpha value is -0.710. The fourth-order valence-electron chi connectivity index (χ4n) is 2.74. The first-order chi connectivity index (χ1) is 9.66. The summed E-state index contributed by atoms with van der Waals surface area (Å²) in [7, 11) is 0. The van der Waals surface area contributed by atoms with Crippen molar-refractivity contribution in [1.82, 2.24) is 0 Å². The van der Waals surface area contributed by atoms with E-state index in [0.717, 1.165) is 35.7 Å². The number of benzene rings is 1. The SMILES string of the molecule is CC1CCOC1C(=O)N1CCCSc2ccc(Cl)cc21. The van der Waals surface area contributed by atoms with Crippen LogP contribution < -0.4 is 4.90 Å². The van der Waals surface area contributed by atoms with Gasteiger partial charge in [0.05, 0.1) is 5.69 Å². The zero-order valence-electron chi connectivity index (χ0n) is 11.5. The van der Waals surface area contributed by atoms with E-state index in [4.69, 9.17) is 16.3 Å². The Kier molecular flexibility index (Phi) is 4.24. The van der Waals surface area contributed by atoms with Crippen LogP contribution in [0.25, 0.3) is 0 Å². The molecule has 0 radical (unpaired) electrons. The number of carbonyl (C=O) groups excluding carboxylic acids is 1. The lowest BCUT2D eigenvalue weighted by Crippen LogP contribution is -2.41. The highest BCUT2D eigenvalue weighted by Gasteiger charge is 2.35.